The first kappa shape index (κ1) is 20.6. The summed E-state index contributed by atoms with van der Waals surface area (Å²) >= 11 is 0. The van der Waals surface area contributed by atoms with E-state index in [4.69, 9.17) is 4.74 Å². The molecule has 2 aromatic carbocycles. The van der Waals surface area contributed by atoms with E-state index >= 15 is 0 Å². The van der Waals surface area contributed by atoms with E-state index in [1.165, 1.54) is 5.56 Å². The van der Waals surface area contributed by atoms with Crippen molar-refractivity contribution in [2.24, 2.45) is 5.92 Å². The molecule has 3 aromatic rings. The van der Waals surface area contributed by atoms with Gasteiger partial charge < -0.3 is 10.1 Å². The van der Waals surface area contributed by atoms with E-state index in [2.05, 4.69) is 17.3 Å². The number of carbonyl (C=O) groups excluding carboxylic acids is 1. The minimum atomic E-state index is -0.247. The average Bonchev–Trinajstić information content (AvgIpc) is 2.98. The summed E-state index contributed by atoms with van der Waals surface area (Å²) in [5, 5.41) is 7.80. The van der Waals surface area contributed by atoms with Crippen LogP contribution in [0, 0.1) is 26.7 Å². The lowest BCUT2D eigenvalue weighted by Gasteiger charge is -2.23. The molecule has 1 amide bonds. The fourth-order valence-corrected chi connectivity index (χ4v) is 3.42. The molecule has 0 aliphatic carbocycles. The van der Waals surface area contributed by atoms with Gasteiger partial charge in [-0.05, 0) is 49.6 Å². The van der Waals surface area contributed by atoms with Crippen LogP contribution in [0.1, 0.15) is 41.0 Å². The van der Waals surface area contributed by atoms with Crippen LogP contribution in [0.2, 0.25) is 0 Å². The van der Waals surface area contributed by atoms with Crippen LogP contribution >= 0.6 is 0 Å². The molecule has 0 fully saturated rings. The second-order valence-corrected chi connectivity index (χ2v) is 7.51. The number of carbonyl (C=O) groups is 1. The molecule has 1 heterocycles. The van der Waals surface area contributed by atoms with Crippen molar-refractivity contribution in [3.63, 3.8) is 0 Å². The molecule has 0 saturated carbocycles. The summed E-state index contributed by atoms with van der Waals surface area (Å²) in [7, 11) is 1.65. The number of amides is 1. The minimum Gasteiger partial charge on any atom is -0.497 e. The largest absolute Gasteiger partial charge is 0.497 e. The van der Waals surface area contributed by atoms with E-state index in [1.807, 2.05) is 80.1 Å². The van der Waals surface area contributed by atoms with Gasteiger partial charge in [-0.15, -0.1) is 0 Å². The van der Waals surface area contributed by atoms with Crippen LogP contribution in [-0.4, -0.2) is 22.8 Å². The van der Waals surface area contributed by atoms with Gasteiger partial charge in [0.25, 0.3) is 0 Å². The summed E-state index contributed by atoms with van der Waals surface area (Å²) in [6.07, 6.45) is 0. The van der Waals surface area contributed by atoms with Gasteiger partial charge >= 0.3 is 0 Å². The zero-order valence-electron chi connectivity index (χ0n) is 17.8. The van der Waals surface area contributed by atoms with Crippen molar-refractivity contribution in [2.45, 2.75) is 40.3 Å². The molecule has 0 aliphatic heterocycles. The van der Waals surface area contributed by atoms with E-state index in [1.54, 1.807) is 7.11 Å². The molecule has 5 heteroatoms. The van der Waals surface area contributed by atoms with Gasteiger partial charge in [0, 0.05) is 5.69 Å². The molecule has 3 rings (SSSR count). The van der Waals surface area contributed by atoms with Crippen molar-refractivity contribution in [1.82, 2.24) is 15.1 Å². The molecule has 1 N–H and O–H groups in total. The molecular weight excluding hydrogens is 362 g/mol. The zero-order chi connectivity index (χ0) is 21.0. The monoisotopic (exact) mass is 391 g/mol. The normalized spacial score (nSPS) is 13.0. The smallest absolute Gasteiger partial charge is 0.225 e. The quantitative estimate of drug-likeness (QED) is 0.651. The second kappa shape index (κ2) is 8.95. The molecule has 5 nitrogen and oxygen atoms in total. The molecule has 29 heavy (non-hydrogen) atoms. The van der Waals surface area contributed by atoms with E-state index in [0.717, 1.165) is 28.3 Å². The SMILES string of the molecule is COc1cccc([C@H](NC(=O)[C@H](C)Cn2nc(C)c(C)c2C)c2ccccc2)c1. The first-order chi connectivity index (χ1) is 13.9. The summed E-state index contributed by atoms with van der Waals surface area (Å²) in [5.41, 5.74) is 5.31. The number of hydrogen-bond acceptors (Lipinski definition) is 3. The summed E-state index contributed by atoms with van der Waals surface area (Å²) in [6, 6.07) is 17.6. The van der Waals surface area contributed by atoms with Gasteiger partial charge in [-0.1, -0.05) is 49.4 Å². The summed E-state index contributed by atoms with van der Waals surface area (Å²) < 4.78 is 7.30. The fraction of sp³-hybridized carbons (Fsp3) is 0.333. The standard InChI is InChI=1S/C24H29N3O2/c1-16(15-27-19(4)17(2)18(3)26-27)24(28)25-23(20-10-7-6-8-11-20)21-12-9-13-22(14-21)29-5/h6-14,16,23H,15H2,1-5H3,(H,25,28)/t16-,23-/m1/s1. The van der Waals surface area contributed by atoms with Crippen LogP contribution in [0.5, 0.6) is 5.75 Å². The summed E-state index contributed by atoms with van der Waals surface area (Å²) in [5.74, 6) is 0.542. The molecule has 0 spiro atoms. The van der Waals surface area contributed by atoms with E-state index in [0.29, 0.717) is 6.54 Å². The number of methoxy groups -OCH3 is 1. The van der Waals surface area contributed by atoms with E-state index < -0.39 is 0 Å². The number of nitrogens with zero attached hydrogens (tertiary/aromatic N) is 2. The highest BCUT2D eigenvalue weighted by Crippen LogP contribution is 2.26. The Labute approximate surface area is 172 Å². The molecule has 152 valence electrons. The lowest BCUT2D eigenvalue weighted by molar-refractivity contribution is -0.125. The first-order valence-electron chi connectivity index (χ1n) is 9.90. The number of benzene rings is 2. The van der Waals surface area contributed by atoms with Crippen LogP contribution in [0.25, 0.3) is 0 Å². The van der Waals surface area contributed by atoms with E-state index in [9.17, 15) is 4.79 Å². The lowest BCUT2D eigenvalue weighted by Crippen LogP contribution is -2.35. The van der Waals surface area contributed by atoms with Crippen LogP contribution in [0.3, 0.4) is 0 Å². The highest BCUT2D eigenvalue weighted by molar-refractivity contribution is 5.79. The maximum atomic E-state index is 13.1. The Morgan fingerprint density at radius 3 is 2.38 bits per heavy atom. The van der Waals surface area contributed by atoms with Crippen LogP contribution in [-0.2, 0) is 11.3 Å². The van der Waals surface area contributed by atoms with Crippen molar-refractivity contribution in [1.29, 1.82) is 0 Å². The highest BCUT2D eigenvalue weighted by Gasteiger charge is 2.22. The maximum absolute atomic E-state index is 13.1. The number of aromatic nitrogens is 2. The van der Waals surface area contributed by atoms with E-state index in [-0.39, 0.29) is 17.9 Å². The number of ether oxygens (including phenoxy) is 1. The Hall–Kier alpha value is -3.08. The lowest BCUT2D eigenvalue weighted by atomic mass is 9.97. The topological polar surface area (TPSA) is 56.1 Å². The van der Waals surface area contributed by atoms with Crippen LogP contribution in [0.15, 0.2) is 54.6 Å². The average molecular weight is 392 g/mol. The molecule has 0 unspecified atom stereocenters. The third kappa shape index (κ3) is 4.67. The van der Waals surface area contributed by atoms with Crippen molar-refractivity contribution in [3.05, 3.63) is 82.7 Å². The number of rotatable bonds is 7. The van der Waals surface area contributed by atoms with Gasteiger partial charge in [-0.25, -0.2) is 0 Å². The number of nitrogens with one attached hydrogen (secondary N) is 1. The molecular formula is C24H29N3O2. The minimum absolute atomic E-state index is 0.00752. The van der Waals surface area contributed by atoms with Crippen molar-refractivity contribution in [2.75, 3.05) is 7.11 Å². The van der Waals surface area contributed by atoms with Crippen LogP contribution < -0.4 is 10.1 Å². The van der Waals surface area contributed by atoms with Gasteiger partial charge in [0.05, 0.1) is 31.3 Å². The molecule has 2 atom stereocenters. The van der Waals surface area contributed by atoms with Crippen molar-refractivity contribution < 1.29 is 9.53 Å². The number of hydrogen-bond donors (Lipinski definition) is 1. The Bertz CT molecular complexity index is 979. The first-order valence-corrected chi connectivity index (χ1v) is 9.90. The van der Waals surface area contributed by atoms with Gasteiger partial charge in [0.15, 0.2) is 0 Å². The fourth-order valence-electron chi connectivity index (χ4n) is 3.42. The molecule has 1 aromatic heterocycles. The highest BCUT2D eigenvalue weighted by atomic mass is 16.5. The van der Waals surface area contributed by atoms with Gasteiger partial charge in [0.2, 0.25) is 5.91 Å². The predicted molar refractivity (Wildman–Crippen MR) is 115 cm³/mol. The molecule has 0 saturated heterocycles. The molecule has 0 aliphatic rings. The van der Waals surface area contributed by atoms with Gasteiger partial charge in [-0.3, -0.25) is 9.48 Å². The van der Waals surface area contributed by atoms with Crippen molar-refractivity contribution >= 4 is 5.91 Å². The Morgan fingerprint density at radius 2 is 1.76 bits per heavy atom. The zero-order valence-corrected chi connectivity index (χ0v) is 17.8. The predicted octanol–water partition coefficient (Wildman–Crippen LogP) is 4.36. The summed E-state index contributed by atoms with van der Waals surface area (Å²) in [4.78, 5) is 13.1. The Balaban J connectivity index is 1.83. The second-order valence-electron chi connectivity index (χ2n) is 7.51. The summed E-state index contributed by atoms with van der Waals surface area (Å²) in [6.45, 7) is 8.59. The van der Waals surface area contributed by atoms with Crippen molar-refractivity contribution in [3.8, 4) is 5.75 Å². The van der Waals surface area contributed by atoms with Crippen LogP contribution in [0.4, 0.5) is 0 Å². The van der Waals surface area contributed by atoms with Gasteiger partial charge in [-0.2, -0.15) is 5.10 Å². The van der Waals surface area contributed by atoms with Gasteiger partial charge in [0.1, 0.15) is 5.75 Å². The molecule has 0 bridgehead atoms. The maximum Gasteiger partial charge on any atom is 0.225 e. The number of aryl methyl sites for hydroxylation is 1. The third-order valence-electron chi connectivity index (χ3n) is 5.48. The molecule has 0 radical (unpaired) electrons. The third-order valence-corrected chi connectivity index (χ3v) is 5.48. The Kier molecular flexibility index (Phi) is 6.37. The Morgan fingerprint density at radius 1 is 1.07 bits per heavy atom.